The van der Waals surface area contributed by atoms with Gasteiger partial charge in [0.25, 0.3) is 0 Å². The molecule has 0 aromatic heterocycles. The Hall–Kier alpha value is -0.610. The van der Waals surface area contributed by atoms with Crippen LogP contribution in [0.5, 0.6) is 0 Å². The molecule has 0 aromatic rings. The SMILES string of the molecule is CCCCCCCCCCCCCCCCCCCCCC(O)C(CO)NC(=O)CCCCCCCCCCCCCC. The fourth-order valence-corrected chi connectivity index (χ4v) is 6.30. The molecule has 0 aliphatic heterocycles. The van der Waals surface area contributed by atoms with E-state index in [9.17, 15) is 15.0 Å². The van der Waals surface area contributed by atoms with Gasteiger partial charge in [0.05, 0.1) is 18.8 Å². The number of carbonyl (C=O) groups is 1. The van der Waals surface area contributed by atoms with Crippen LogP contribution in [0.4, 0.5) is 0 Å². The first kappa shape index (κ1) is 42.4. The van der Waals surface area contributed by atoms with Crippen LogP contribution in [-0.2, 0) is 4.79 Å². The van der Waals surface area contributed by atoms with E-state index in [4.69, 9.17) is 0 Å². The van der Waals surface area contributed by atoms with E-state index in [1.165, 1.54) is 173 Å². The summed E-state index contributed by atoms with van der Waals surface area (Å²) < 4.78 is 0. The minimum Gasteiger partial charge on any atom is -0.394 e. The molecule has 4 heteroatoms. The minimum atomic E-state index is -0.651. The van der Waals surface area contributed by atoms with E-state index < -0.39 is 12.1 Å². The molecule has 3 N–H and O–H groups in total. The summed E-state index contributed by atoms with van der Waals surface area (Å²) in [6, 6.07) is -0.527. The molecular formula is C39H79NO3. The van der Waals surface area contributed by atoms with Crippen LogP contribution in [0.1, 0.15) is 226 Å². The Morgan fingerprint density at radius 1 is 0.465 bits per heavy atom. The van der Waals surface area contributed by atoms with Gasteiger partial charge < -0.3 is 15.5 Å². The van der Waals surface area contributed by atoms with Crippen molar-refractivity contribution in [2.24, 2.45) is 0 Å². The third-order valence-electron chi connectivity index (χ3n) is 9.37. The lowest BCUT2D eigenvalue weighted by molar-refractivity contribution is -0.123. The average molecular weight is 610 g/mol. The summed E-state index contributed by atoms with van der Waals surface area (Å²) in [5.74, 6) is -0.0293. The summed E-state index contributed by atoms with van der Waals surface area (Å²) in [7, 11) is 0. The van der Waals surface area contributed by atoms with Gasteiger partial charge in [0.1, 0.15) is 0 Å². The molecule has 0 aromatic carbocycles. The first-order chi connectivity index (χ1) is 21.2. The second-order valence-electron chi connectivity index (χ2n) is 13.7. The van der Waals surface area contributed by atoms with Gasteiger partial charge in [-0.25, -0.2) is 0 Å². The van der Waals surface area contributed by atoms with E-state index in [-0.39, 0.29) is 12.5 Å². The Kier molecular flexibility index (Phi) is 35.4. The van der Waals surface area contributed by atoms with Crippen LogP contribution in [0.3, 0.4) is 0 Å². The zero-order valence-electron chi connectivity index (χ0n) is 29.5. The third kappa shape index (κ3) is 32.6. The van der Waals surface area contributed by atoms with Crippen LogP contribution in [0.15, 0.2) is 0 Å². The Bertz CT molecular complexity index is 541. The normalized spacial score (nSPS) is 12.9. The number of carbonyl (C=O) groups excluding carboxylic acids is 1. The van der Waals surface area contributed by atoms with Gasteiger partial charge in [0, 0.05) is 6.42 Å². The highest BCUT2D eigenvalue weighted by atomic mass is 16.3. The van der Waals surface area contributed by atoms with Gasteiger partial charge in [-0.15, -0.1) is 0 Å². The van der Waals surface area contributed by atoms with Crippen molar-refractivity contribution < 1.29 is 15.0 Å². The number of amides is 1. The molecule has 0 aliphatic carbocycles. The van der Waals surface area contributed by atoms with Gasteiger partial charge in [-0.2, -0.15) is 0 Å². The molecule has 0 aliphatic rings. The monoisotopic (exact) mass is 610 g/mol. The number of hydrogen-bond acceptors (Lipinski definition) is 3. The predicted octanol–water partition coefficient (Wildman–Crippen LogP) is 11.7. The van der Waals surface area contributed by atoms with Crippen molar-refractivity contribution in [3.05, 3.63) is 0 Å². The summed E-state index contributed by atoms with van der Waals surface area (Å²) in [6.45, 7) is 4.36. The maximum Gasteiger partial charge on any atom is 0.220 e. The summed E-state index contributed by atoms with van der Waals surface area (Å²) in [6.07, 6.45) is 41.6. The van der Waals surface area contributed by atoms with Crippen LogP contribution in [0.25, 0.3) is 0 Å². The fraction of sp³-hybridized carbons (Fsp3) is 0.974. The second-order valence-corrected chi connectivity index (χ2v) is 13.7. The lowest BCUT2D eigenvalue weighted by Crippen LogP contribution is -2.45. The van der Waals surface area contributed by atoms with Crippen LogP contribution < -0.4 is 5.32 Å². The van der Waals surface area contributed by atoms with Crippen LogP contribution in [0, 0.1) is 0 Å². The molecule has 0 radical (unpaired) electrons. The zero-order chi connectivity index (χ0) is 31.5. The first-order valence-corrected chi connectivity index (χ1v) is 19.7. The van der Waals surface area contributed by atoms with Crippen molar-refractivity contribution in [2.75, 3.05) is 6.61 Å². The van der Waals surface area contributed by atoms with E-state index in [2.05, 4.69) is 19.2 Å². The number of unbranched alkanes of at least 4 members (excludes halogenated alkanes) is 29. The van der Waals surface area contributed by atoms with Gasteiger partial charge in [-0.3, -0.25) is 4.79 Å². The van der Waals surface area contributed by atoms with E-state index in [0.717, 1.165) is 25.7 Å². The summed E-state index contributed by atoms with van der Waals surface area (Å²) >= 11 is 0. The maximum absolute atomic E-state index is 12.3. The Morgan fingerprint density at radius 3 is 1.05 bits per heavy atom. The molecule has 258 valence electrons. The standard InChI is InChI=1S/C39H79NO3/c1-3-5-7-9-11-13-15-17-18-19-20-21-22-23-24-26-28-30-32-34-38(42)37(36-41)40-39(43)35-33-31-29-27-25-16-14-12-10-8-6-4-2/h37-38,41-42H,3-36H2,1-2H3,(H,40,43). The largest absolute Gasteiger partial charge is 0.394 e. The smallest absolute Gasteiger partial charge is 0.220 e. The van der Waals surface area contributed by atoms with Crippen molar-refractivity contribution >= 4 is 5.91 Å². The molecule has 0 saturated carbocycles. The topological polar surface area (TPSA) is 69.6 Å². The molecule has 0 saturated heterocycles. The molecule has 1 amide bonds. The van der Waals surface area contributed by atoms with E-state index >= 15 is 0 Å². The zero-order valence-corrected chi connectivity index (χ0v) is 29.5. The van der Waals surface area contributed by atoms with Gasteiger partial charge in [-0.05, 0) is 12.8 Å². The number of nitrogens with one attached hydrogen (secondary N) is 1. The van der Waals surface area contributed by atoms with Crippen molar-refractivity contribution in [3.8, 4) is 0 Å². The molecule has 0 heterocycles. The predicted molar refractivity (Wildman–Crippen MR) is 189 cm³/mol. The highest BCUT2D eigenvalue weighted by molar-refractivity contribution is 5.76. The lowest BCUT2D eigenvalue weighted by Gasteiger charge is -2.22. The molecule has 0 rings (SSSR count). The Balaban J connectivity index is 3.48. The fourth-order valence-electron chi connectivity index (χ4n) is 6.30. The molecule has 2 unspecified atom stereocenters. The Labute approximate surface area is 270 Å². The first-order valence-electron chi connectivity index (χ1n) is 19.7. The number of rotatable bonds is 36. The molecule has 4 nitrogen and oxygen atoms in total. The van der Waals surface area contributed by atoms with Crippen LogP contribution in [0.2, 0.25) is 0 Å². The molecule has 0 fully saturated rings. The molecule has 43 heavy (non-hydrogen) atoms. The van der Waals surface area contributed by atoms with Gasteiger partial charge in [0.15, 0.2) is 0 Å². The van der Waals surface area contributed by atoms with Crippen molar-refractivity contribution in [1.82, 2.24) is 5.32 Å². The Morgan fingerprint density at radius 2 is 0.744 bits per heavy atom. The van der Waals surface area contributed by atoms with Gasteiger partial charge in [-0.1, -0.05) is 206 Å². The van der Waals surface area contributed by atoms with E-state index in [1.54, 1.807) is 0 Å². The average Bonchev–Trinajstić information content (AvgIpc) is 3.01. The summed E-state index contributed by atoms with van der Waals surface area (Å²) in [4.78, 5) is 12.3. The second kappa shape index (κ2) is 35.9. The van der Waals surface area contributed by atoms with Crippen LogP contribution >= 0.6 is 0 Å². The molecule has 2 atom stereocenters. The quantitative estimate of drug-likeness (QED) is 0.0619. The summed E-state index contributed by atoms with van der Waals surface area (Å²) in [5.41, 5.74) is 0. The molecule has 0 bridgehead atoms. The number of hydrogen-bond donors (Lipinski definition) is 3. The van der Waals surface area contributed by atoms with E-state index in [0.29, 0.717) is 12.8 Å². The maximum atomic E-state index is 12.3. The number of aliphatic hydroxyl groups excluding tert-OH is 2. The van der Waals surface area contributed by atoms with Crippen molar-refractivity contribution in [1.29, 1.82) is 0 Å². The van der Waals surface area contributed by atoms with Gasteiger partial charge >= 0.3 is 0 Å². The molecular weight excluding hydrogens is 530 g/mol. The minimum absolute atomic E-state index is 0.0293. The highest BCUT2D eigenvalue weighted by Gasteiger charge is 2.19. The van der Waals surface area contributed by atoms with E-state index in [1.807, 2.05) is 0 Å². The summed E-state index contributed by atoms with van der Waals surface area (Å²) in [5, 5.41) is 23.1. The van der Waals surface area contributed by atoms with Crippen molar-refractivity contribution in [3.63, 3.8) is 0 Å². The highest BCUT2D eigenvalue weighted by Crippen LogP contribution is 2.16. The molecule has 0 spiro atoms. The third-order valence-corrected chi connectivity index (χ3v) is 9.37. The van der Waals surface area contributed by atoms with Gasteiger partial charge in [0.2, 0.25) is 5.91 Å². The van der Waals surface area contributed by atoms with Crippen molar-refractivity contribution in [2.45, 2.75) is 238 Å². The number of aliphatic hydroxyl groups is 2. The lowest BCUT2D eigenvalue weighted by atomic mass is 10.0. The van der Waals surface area contributed by atoms with Crippen LogP contribution in [-0.4, -0.2) is 34.9 Å².